The Morgan fingerprint density at radius 3 is 2.57 bits per heavy atom. The van der Waals surface area contributed by atoms with Crippen molar-refractivity contribution in [1.82, 2.24) is 5.43 Å². The van der Waals surface area contributed by atoms with Gasteiger partial charge in [0.2, 0.25) is 0 Å². The molecule has 0 atom stereocenters. The molecule has 0 heterocycles. The number of amidine groups is 1. The van der Waals surface area contributed by atoms with E-state index in [1.807, 2.05) is 13.8 Å². The van der Waals surface area contributed by atoms with Gasteiger partial charge < -0.3 is 10.2 Å². The predicted octanol–water partition coefficient (Wildman–Crippen LogP) is 0.928. The van der Waals surface area contributed by atoms with E-state index in [0.717, 1.165) is 0 Å². The number of nitrogens with zero attached hydrogens (tertiary/aromatic N) is 1. The largest absolute Gasteiger partial charge is 0.375 e. The molecule has 0 radical (unpaired) electrons. The topological polar surface area (TPSA) is 59.6 Å². The summed E-state index contributed by atoms with van der Waals surface area (Å²) in [5.74, 6) is 5.74. The first-order chi connectivity index (χ1) is 6.56. The Labute approximate surface area is 82.5 Å². The van der Waals surface area contributed by atoms with Crippen molar-refractivity contribution in [3.05, 3.63) is 0 Å². The summed E-state index contributed by atoms with van der Waals surface area (Å²) < 4.78 is 28.0. The number of ether oxygens (including phenoxy) is 1. The van der Waals surface area contributed by atoms with Gasteiger partial charge in [-0.3, -0.25) is 4.99 Å². The van der Waals surface area contributed by atoms with Crippen molar-refractivity contribution >= 4 is 5.84 Å². The Bertz CT molecular complexity index is 174. The van der Waals surface area contributed by atoms with Crippen molar-refractivity contribution in [3.63, 3.8) is 0 Å². The summed E-state index contributed by atoms with van der Waals surface area (Å²) in [6.45, 7) is 3.45. The zero-order valence-corrected chi connectivity index (χ0v) is 8.46. The number of hydrogen-bond acceptors (Lipinski definition) is 3. The molecule has 0 saturated carbocycles. The molecule has 3 N–H and O–H groups in total. The zero-order chi connectivity index (χ0) is 11.0. The van der Waals surface area contributed by atoms with Crippen LogP contribution in [0.25, 0.3) is 0 Å². The van der Waals surface area contributed by atoms with Crippen molar-refractivity contribution in [2.45, 2.75) is 32.7 Å². The highest BCUT2D eigenvalue weighted by Gasteiger charge is 2.03. The maximum atomic E-state index is 11.7. The lowest BCUT2D eigenvalue weighted by atomic mass is 10.3. The van der Waals surface area contributed by atoms with Crippen LogP contribution in [0, 0.1) is 0 Å². The maximum absolute atomic E-state index is 11.7. The normalized spacial score (nSPS) is 12.6. The molecule has 0 rings (SSSR count). The van der Waals surface area contributed by atoms with E-state index in [4.69, 9.17) is 5.84 Å². The van der Waals surface area contributed by atoms with Crippen LogP contribution in [-0.4, -0.2) is 31.5 Å². The zero-order valence-electron chi connectivity index (χ0n) is 8.46. The van der Waals surface area contributed by atoms with E-state index in [2.05, 4.69) is 15.2 Å². The van der Waals surface area contributed by atoms with Gasteiger partial charge in [0.25, 0.3) is 6.43 Å². The number of nitrogens with one attached hydrogen (secondary N) is 1. The second-order valence-electron chi connectivity index (χ2n) is 3.03. The van der Waals surface area contributed by atoms with Gasteiger partial charge in [-0.1, -0.05) is 0 Å². The first-order valence-corrected chi connectivity index (χ1v) is 4.45. The van der Waals surface area contributed by atoms with Crippen LogP contribution >= 0.6 is 0 Å². The van der Waals surface area contributed by atoms with E-state index >= 15 is 0 Å². The van der Waals surface area contributed by atoms with Crippen LogP contribution in [0.5, 0.6) is 0 Å². The highest BCUT2D eigenvalue weighted by atomic mass is 19.3. The number of hydrogen-bond donors (Lipinski definition) is 2. The number of nitrogens with two attached hydrogens (primary N) is 1. The quantitative estimate of drug-likeness (QED) is 0.225. The molecule has 0 fully saturated rings. The third-order valence-electron chi connectivity index (χ3n) is 1.31. The summed E-state index contributed by atoms with van der Waals surface area (Å²) in [7, 11) is 0. The molecule has 0 bridgehead atoms. The molecule has 0 amide bonds. The van der Waals surface area contributed by atoms with Gasteiger partial charge in [-0.15, -0.1) is 0 Å². The van der Waals surface area contributed by atoms with E-state index in [0.29, 0.717) is 12.3 Å². The Hall–Kier alpha value is -0.750. The fraction of sp³-hybridized carbons (Fsp3) is 0.875. The molecule has 6 heteroatoms. The summed E-state index contributed by atoms with van der Waals surface area (Å²) >= 11 is 0. The minimum atomic E-state index is -2.42. The summed E-state index contributed by atoms with van der Waals surface area (Å²) in [5, 5.41) is 0. The lowest BCUT2D eigenvalue weighted by Crippen LogP contribution is -2.32. The maximum Gasteiger partial charge on any atom is 0.261 e. The van der Waals surface area contributed by atoms with Crippen LogP contribution in [-0.2, 0) is 4.74 Å². The molecule has 0 aliphatic rings. The van der Waals surface area contributed by atoms with E-state index in [9.17, 15) is 8.78 Å². The predicted molar refractivity (Wildman–Crippen MR) is 51.3 cm³/mol. The molecule has 0 aromatic rings. The monoisotopic (exact) mass is 209 g/mol. The third kappa shape index (κ3) is 7.88. The molecular formula is C8H17F2N3O. The van der Waals surface area contributed by atoms with E-state index < -0.39 is 13.0 Å². The average Bonchev–Trinajstić information content (AvgIpc) is 2.09. The molecule has 4 nitrogen and oxygen atoms in total. The van der Waals surface area contributed by atoms with Crippen molar-refractivity contribution in [2.24, 2.45) is 10.8 Å². The molecule has 0 saturated heterocycles. The van der Waals surface area contributed by atoms with Crippen molar-refractivity contribution in [2.75, 3.05) is 13.2 Å². The summed E-state index contributed by atoms with van der Waals surface area (Å²) in [4.78, 5) is 4.13. The Kier molecular flexibility index (Phi) is 7.23. The SMILES string of the molecule is CC(C)N=C(CCOCC(F)F)NN. The molecule has 0 unspecified atom stereocenters. The minimum absolute atomic E-state index is 0.121. The number of alkyl halides is 2. The number of aliphatic imine (C=N–C) groups is 1. The van der Waals surface area contributed by atoms with E-state index in [1.54, 1.807) is 0 Å². The fourth-order valence-corrected chi connectivity index (χ4v) is 0.827. The van der Waals surface area contributed by atoms with Crippen molar-refractivity contribution in [3.8, 4) is 0 Å². The Morgan fingerprint density at radius 2 is 2.14 bits per heavy atom. The molecule has 0 aromatic carbocycles. The standard InChI is InChI=1S/C8H17F2N3O/c1-6(2)12-8(13-11)3-4-14-5-7(9)10/h6-7H,3-5,11H2,1-2H3,(H,12,13). The van der Waals surface area contributed by atoms with Crippen LogP contribution < -0.4 is 11.3 Å². The van der Waals surface area contributed by atoms with Gasteiger partial charge in [0.1, 0.15) is 12.4 Å². The first-order valence-electron chi connectivity index (χ1n) is 4.45. The minimum Gasteiger partial charge on any atom is -0.375 e. The second kappa shape index (κ2) is 7.64. The molecule has 14 heavy (non-hydrogen) atoms. The van der Waals surface area contributed by atoms with Gasteiger partial charge in [0.15, 0.2) is 0 Å². The van der Waals surface area contributed by atoms with Crippen LogP contribution in [0.15, 0.2) is 4.99 Å². The van der Waals surface area contributed by atoms with Crippen LogP contribution in [0.2, 0.25) is 0 Å². The molecule has 0 aromatic heterocycles. The lowest BCUT2D eigenvalue weighted by molar-refractivity contribution is 0.0200. The van der Waals surface area contributed by atoms with E-state index in [1.165, 1.54) is 0 Å². The molecule has 84 valence electrons. The highest BCUT2D eigenvalue weighted by molar-refractivity contribution is 5.81. The number of rotatable bonds is 6. The van der Waals surface area contributed by atoms with Crippen LogP contribution in [0.3, 0.4) is 0 Å². The Morgan fingerprint density at radius 1 is 1.50 bits per heavy atom. The van der Waals surface area contributed by atoms with Crippen molar-refractivity contribution < 1.29 is 13.5 Å². The molecular weight excluding hydrogens is 192 g/mol. The third-order valence-corrected chi connectivity index (χ3v) is 1.31. The van der Waals surface area contributed by atoms with Crippen LogP contribution in [0.4, 0.5) is 8.78 Å². The van der Waals surface area contributed by atoms with E-state index in [-0.39, 0.29) is 12.6 Å². The highest BCUT2D eigenvalue weighted by Crippen LogP contribution is 1.95. The second-order valence-corrected chi connectivity index (χ2v) is 3.03. The van der Waals surface area contributed by atoms with Gasteiger partial charge in [-0.25, -0.2) is 14.6 Å². The first kappa shape index (κ1) is 13.2. The van der Waals surface area contributed by atoms with Crippen LogP contribution in [0.1, 0.15) is 20.3 Å². The summed E-state index contributed by atoms with van der Waals surface area (Å²) in [6.07, 6.45) is -2.01. The number of halogens is 2. The smallest absolute Gasteiger partial charge is 0.261 e. The lowest BCUT2D eigenvalue weighted by Gasteiger charge is -2.07. The van der Waals surface area contributed by atoms with Gasteiger partial charge in [-0.2, -0.15) is 0 Å². The van der Waals surface area contributed by atoms with Crippen molar-refractivity contribution in [1.29, 1.82) is 0 Å². The summed E-state index contributed by atoms with van der Waals surface area (Å²) in [6, 6.07) is 0.121. The number of hydrazine groups is 1. The van der Waals surface area contributed by atoms with Gasteiger partial charge >= 0.3 is 0 Å². The molecule has 0 spiro atoms. The summed E-state index contributed by atoms with van der Waals surface area (Å²) in [5.41, 5.74) is 2.40. The Balaban J connectivity index is 3.63. The molecule has 0 aliphatic heterocycles. The average molecular weight is 209 g/mol. The van der Waals surface area contributed by atoms with Gasteiger partial charge in [-0.05, 0) is 13.8 Å². The van der Waals surface area contributed by atoms with Gasteiger partial charge in [0, 0.05) is 12.5 Å². The molecule has 0 aliphatic carbocycles. The van der Waals surface area contributed by atoms with Gasteiger partial charge in [0.05, 0.1) is 6.61 Å². The fourth-order valence-electron chi connectivity index (χ4n) is 0.827.